The third-order valence-corrected chi connectivity index (χ3v) is 5.55. The van der Waals surface area contributed by atoms with Crippen molar-refractivity contribution >= 4 is 17.2 Å². The molecule has 0 radical (unpaired) electrons. The maximum atomic E-state index is 12.7. The molecule has 0 saturated heterocycles. The highest BCUT2D eigenvalue weighted by Gasteiger charge is 2.19. The highest BCUT2D eigenvalue weighted by Crippen LogP contribution is 2.29. The fourth-order valence-electron chi connectivity index (χ4n) is 3.86. The van der Waals surface area contributed by atoms with Crippen LogP contribution in [-0.4, -0.2) is 20.5 Å². The van der Waals surface area contributed by atoms with E-state index in [0.717, 1.165) is 51.5 Å². The van der Waals surface area contributed by atoms with Crippen LogP contribution < -0.4 is 5.32 Å². The monoisotopic (exact) mass is 398 g/mol. The molecule has 1 N–H and O–H groups in total. The minimum absolute atomic E-state index is 0.0567. The second-order valence-electron chi connectivity index (χ2n) is 7.60. The molecule has 5 heteroatoms. The largest absolute Gasteiger partial charge is 0.326 e. The molecule has 0 spiro atoms. The van der Waals surface area contributed by atoms with Crippen LogP contribution in [0, 0.1) is 20.8 Å². The van der Waals surface area contributed by atoms with Crippen LogP contribution in [0.4, 0.5) is 5.69 Å². The van der Waals surface area contributed by atoms with Gasteiger partial charge in [0.25, 0.3) is 0 Å². The predicted molar refractivity (Wildman–Crippen MR) is 121 cm³/mol. The number of carbonyl (C=O) groups excluding carboxylic acids is 1. The van der Waals surface area contributed by atoms with E-state index in [1.807, 2.05) is 67.8 Å². The normalized spacial score (nSPS) is 11.1. The molecule has 0 aliphatic carbocycles. The van der Waals surface area contributed by atoms with Crippen LogP contribution >= 0.6 is 0 Å². The van der Waals surface area contributed by atoms with Gasteiger partial charge in [-0.1, -0.05) is 49.4 Å². The van der Waals surface area contributed by atoms with E-state index in [-0.39, 0.29) is 12.3 Å². The lowest BCUT2D eigenvalue weighted by atomic mass is 10.1. The fourth-order valence-corrected chi connectivity index (χ4v) is 3.86. The number of aryl methyl sites for hydroxylation is 4. The number of rotatable bonds is 5. The third-order valence-electron chi connectivity index (χ3n) is 5.55. The van der Waals surface area contributed by atoms with Crippen molar-refractivity contribution < 1.29 is 4.79 Å². The Balaban J connectivity index is 1.65. The Bertz CT molecular complexity index is 1210. The predicted octanol–water partition coefficient (Wildman–Crippen LogP) is 5.07. The van der Waals surface area contributed by atoms with E-state index in [1.54, 1.807) is 0 Å². The molecule has 0 fully saturated rings. The molecule has 0 aliphatic heterocycles. The fraction of sp³-hybridized carbons (Fsp3) is 0.240. The van der Waals surface area contributed by atoms with Crippen LogP contribution in [0.25, 0.3) is 16.8 Å². The Hall–Kier alpha value is -3.47. The minimum Gasteiger partial charge on any atom is -0.326 e. The summed E-state index contributed by atoms with van der Waals surface area (Å²) in [7, 11) is 0. The van der Waals surface area contributed by atoms with Crippen LogP contribution in [0.2, 0.25) is 0 Å². The van der Waals surface area contributed by atoms with Crippen molar-refractivity contribution in [2.45, 2.75) is 40.5 Å². The molecule has 0 saturated carbocycles. The molecule has 4 rings (SSSR count). The molecule has 0 unspecified atom stereocenters. The quantitative estimate of drug-likeness (QED) is 0.511. The van der Waals surface area contributed by atoms with Gasteiger partial charge in [-0.05, 0) is 50.5 Å². The first kappa shape index (κ1) is 19.8. The van der Waals surface area contributed by atoms with E-state index < -0.39 is 0 Å². The van der Waals surface area contributed by atoms with Crippen LogP contribution in [0.15, 0.2) is 54.6 Å². The van der Waals surface area contributed by atoms with E-state index in [4.69, 9.17) is 10.1 Å². The smallest absolute Gasteiger partial charge is 0.228 e. The number of aromatic nitrogens is 3. The van der Waals surface area contributed by atoms with Gasteiger partial charge in [-0.2, -0.15) is 5.10 Å². The summed E-state index contributed by atoms with van der Waals surface area (Å²) < 4.78 is 1.86. The van der Waals surface area contributed by atoms with Gasteiger partial charge in [0, 0.05) is 28.2 Å². The minimum atomic E-state index is -0.0567. The first-order valence-corrected chi connectivity index (χ1v) is 10.3. The number of hydrogen-bond donors (Lipinski definition) is 1. The second kappa shape index (κ2) is 8.11. The SMILES string of the molecule is CCc1ccc(NC(=O)Cc2c(C)nc3c(-c4ccccc4)c(C)nn3c2C)cc1. The molecule has 0 aliphatic rings. The van der Waals surface area contributed by atoms with Crippen LogP contribution in [0.3, 0.4) is 0 Å². The molecular formula is C25H26N4O. The first-order chi connectivity index (χ1) is 14.5. The van der Waals surface area contributed by atoms with Crippen molar-refractivity contribution in [3.05, 3.63) is 82.8 Å². The van der Waals surface area contributed by atoms with Crippen LogP contribution in [0.5, 0.6) is 0 Å². The summed E-state index contributed by atoms with van der Waals surface area (Å²) >= 11 is 0. The average molecular weight is 399 g/mol. The number of nitrogens with one attached hydrogen (secondary N) is 1. The van der Waals surface area contributed by atoms with Gasteiger partial charge in [0.2, 0.25) is 5.91 Å². The molecule has 0 atom stereocenters. The van der Waals surface area contributed by atoms with Crippen molar-refractivity contribution in [2.24, 2.45) is 0 Å². The molecule has 30 heavy (non-hydrogen) atoms. The summed E-state index contributed by atoms with van der Waals surface area (Å²) in [6, 6.07) is 18.1. The number of anilines is 1. The molecule has 2 aromatic carbocycles. The molecular weight excluding hydrogens is 372 g/mol. The summed E-state index contributed by atoms with van der Waals surface area (Å²) in [6.07, 6.45) is 1.24. The molecule has 2 aromatic heterocycles. The van der Waals surface area contributed by atoms with Crippen molar-refractivity contribution in [1.29, 1.82) is 0 Å². The average Bonchev–Trinajstić information content (AvgIpc) is 3.08. The standard InChI is InChI=1S/C25H26N4O/c1-5-19-11-13-21(14-12-19)27-23(30)15-22-16(2)26-25-24(20-9-7-6-8-10-20)17(3)28-29(25)18(22)4/h6-14H,5,15H2,1-4H3,(H,27,30). The zero-order valence-electron chi connectivity index (χ0n) is 17.9. The van der Waals surface area contributed by atoms with E-state index in [0.29, 0.717) is 0 Å². The van der Waals surface area contributed by atoms with E-state index in [1.165, 1.54) is 5.56 Å². The summed E-state index contributed by atoms with van der Waals surface area (Å²) in [5, 5.41) is 7.71. The molecule has 2 heterocycles. The van der Waals surface area contributed by atoms with Crippen LogP contribution in [0.1, 0.15) is 35.1 Å². The van der Waals surface area contributed by atoms with Gasteiger partial charge >= 0.3 is 0 Å². The summed E-state index contributed by atoms with van der Waals surface area (Å²) in [5.74, 6) is -0.0567. The number of benzene rings is 2. The molecule has 1 amide bonds. The van der Waals surface area contributed by atoms with Gasteiger partial charge in [0.15, 0.2) is 5.65 Å². The second-order valence-corrected chi connectivity index (χ2v) is 7.60. The Kier molecular flexibility index (Phi) is 5.36. The third kappa shape index (κ3) is 3.71. The summed E-state index contributed by atoms with van der Waals surface area (Å²) in [5.41, 5.74) is 8.65. The van der Waals surface area contributed by atoms with Gasteiger partial charge < -0.3 is 5.32 Å². The lowest BCUT2D eigenvalue weighted by molar-refractivity contribution is -0.115. The van der Waals surface area contributed by atoms with E-state index >= 15 is 0 Å². The molecule has 152 valence electrons. The maximum Gasteiger partial charge on any atom is 0.228 e. The van der Waals surface area contributed by atoms with Gasteiger partial charge in [0.1, 0.15) is 0 Å². The lowest BCUT2D eigenvalue weighted by Gasteiger charge is -2.12. The number of hydrogen-bond acceptors (Lipinski definition) is 3. The van der Waals surface area contributed by atoms with Gasteiger partial charge in [-0.25, -0.2) is 9.50 Å². The summed E-state index contributed by atoms with van der Waals surface area (Å²) in [4.78, 5) is 17.5. The zero-order valence-corrected chi connectivity index (χ0v) is 17.9. The molecule has 5 nitrogen and oxygen atoms in total. The van der Waals surface area contributed by atoms with Crippen molar-refractivity contribution in [3.63, 3.8) is 0 Å². The lowest BCUT2D eigenvalue weighted by Crippen LogP contribution is -2.17. The molecule has 4 aromatic rings. The Labute approximate surface area is 176 Å². The van der Waals surface area contributed by atoms with Crippen LogP contribution in [-0.2, 0) is 17.6 Å². The number of carbonyl (C=O) groups is 1. The Morgan fingerprint density at radius 1 is 0.967 bits per heavy atom. The highest BCUT2D eigenvalue weighted by molar-refractivity contribution is 5.92. The number of fused-ring (bicyclic) bond motifs is 1. The van der Waals surface area contributed by atoms with Crippen molar-refractivity contribution in [3.8, 4) is 11.1 Å². The zero-order chi connectivity index (χ0) is 21.3. The van der Waals surface area contributed by atoms with Gasteiger partial charge in [0.05, 0.1) is 12.1 Å². The topological polar surface area (TPSA) is 59.3 Å². The Morgan fingerprint density at radius 2 is 1.67 bits per heavy atom. The van der Waals surface area contributed by atoms with Crippen molar-refractivity contribution in [2.75, 3.05) is 5.32 Å². The summed E-state index contributed by atoms with van der Waals surface area (Å²) in [6.45, 7) is 8.07. The van der Waals surface area contributed by atoms with Gasteiger partial charge in [-0.3, -0.25) is 4.79 Å². The maximum absolute atomic E-state index is 12.7. The van der Waals surface area contributed by atoms with Gasteiger partial charge in [-0.15, -0.1) is 0 Å². The number of nitrogens with zero attached hydrogens (tertiary/aromatic N) is 3. The highest BCUT2D eigenvalue weighted by atomic mass is 16.1. The molecule has 0 bridgehead atoms. The van der Waals surface area contributed by atoms with Crippen molar-refractivity contribution in [1.82, 2.24) is 14.6 Å². The van der Waals surface area contributed by atoms with E-state index in [9.17, 15) is 4.79 Å². The Morgan fingerprint density at radius 3 is 2.33 bits per heavy atom. The first-order valence-electron chi connectivity index (χ1n) is 10.3. The number of amides is 1. The van der Waals surface area contributed by atoms with E-state index in [2.05, 4.69) is 24.4 Å².